The maximum atomic E-state index is 12.5. The van der Waals surface area contributed by atoms with E-state index in [-0.39, 0.29) is 11.6 Å². The fourth-order valence-corrected chi connectivity index (χ4v) is 3.71. The molecule has 8 nitrogen and oxygen atoms in total. The average molecular weight is 370 g/mol. The van der Waals surface area contributed by atoms with E-state index in [0.717, 1.165) is 23.0 Å². The molecule has 1 aliphatic rings. The third-order valence-electron chi connectivity index (χ3n) is 5.07. The molecular formula is C19H22N4O4. The van der Waals surface area contributed by atoms with Crippen LogP contribution in [0.4, 0.5) is 5.82 Å². The zero-order chi connectivity index (χ0) is 19.7. The summed E-state index contributed by atoms with van der Waals surface area (Å²) < 4.78 is 13.2. The van der Waals surface area contributed by atoms with Gasteiger partial charge in [0.15, 0.2) is 5.56 Å². The average Bonchev–Trinajstić information content (AvgIpc) is 3.17. The van der Waals surface area contributed by atoms with E-state index in [9.17, 15) is 14.9 Å². The molecule has 27 heavy (non-hydrogen) atoms. The molecule has 1 aromatic heterocycles. The van der Waals surface area contributed by atoms with Gasteiger partial charge in [-0.15, -0.1) is 0 Å². The van der Waals surface area contributed by atoms with E-state index in [0.29, 0.717) is 23.9 Å². The Labute approximate surface area is 156 Å². The van der Waals surface area contributed by atoms with Gasteiger partial charge in [-0.1, -0.05) is 0 Å². The molecule has 2 heterocycles. The monoisotopic (exact) mass is 370 g/mol. The summed E-state index contributed by atoms with van der Waals surface area (Å²) in [6, 6.07) is 7.39. The van der Waals surface area contributed by atoms with Crippen molar-refractivity contribution >= 4 is 5.82 Å². The molecule has 1 saturated heterocycles. The lowest BCUT2D eigenvalue weighted by Crippen LogP contribution is -2.42. The number of aromatic nitrogens is 2. The lowest BCUT2D eigenvalue weighted by Gasteiger charge is -2.30. The molecule has 1 atom stereocenters. The maximum Gasteiger partial charge on any atom is 0.332 e. The molecule has 2 aromatic rings. The Kier molecular flexibility index (Phi) is 4.95. The fourth-order valence-electron chi connectivity index (χ4n) is 3.71. The topological polar surface area (TPSA) is 89.5 Å². The molecule has 142 valence electrons. The van der Waals surface area contributed by atoms with Crippen LogP contribution in [0.1, 0.15) is 30.0 Å². The fraction of sp³-hybridized carbons (Fsp3) is 0.421. The third kappa shape index (κ3) is 2.95. The molecule has 0 bridgehead atoms. The minimum atomic E-state index is -0.584. The Balaban J connectivity index is 2.22. The highest BCUT2D eigenvalue weighted by Gasteiger charge is 2.33. The minimum Gasteiger partial charge on any atom is -0.497 e. The van der Waals surface area contributed by atoms with Crippen molar-refractivity contribution in [1.29, 1.82) is 5.26 Å². The van der Waals surface area contributed by atoms with Gasteiger partial charge in [0.2, 0.25) is 0 Å². The van der Waals surface area contributed by atoms with Crippen LogP contribution in [0, 0.1) is 11.3 Å². The molecule has 1 fully saturated rings. The number of benzene rings is 1. The van der Waals surface area contributed by atoms with Crippen LogP contribution in [-0.4, -0.2) is 29.9 Å². The van der Waals surface area contributed by atoms with Crippen LogP contribution in [0.15, 0.2) is 27.8 Å². The number of methoxy groups -OCH3 is 2. The summed E-state index contributed by atoms with van der Waals surface area (Å²) in [6.07, 6.45) is 1.66. The quantitative estimate of drug-likeness (QED) is 0.806. The maximum absolute atomic E-state index is 12.5. The molecule has 0 aliphatic carbocycles. The molecule has 0 saturated carbocycles. The highest BCUT2D eigenvalue weighted by Crippen LogP contribution is 2.41. The zero-order valence-electron chi connectivity index (χ0n) is 15.9. The molecule has 8 heteroatoms. The van der Waals surface area contributed by atoms with Crippen molar-refractivity contribution in [3.8, 4) is 17.6 Å². The smallest absolute Gasteiger partial charge is 0.332 e. The summed E-state index contributed by atoms with van der Waals surface area (Å²) in [5.74, 6) is 1.73. The normalized spacial score (nSPS) is 16.3. The molecule has 0 N–H and O–H groups in total. The van der Waals surface area contributed by atoms with Crippen LogP contribution in [0.3, 0.4) is 0 Å². The van der Waals surface area contributed by atoms with Gasteiger partial charge in [-0.25, -0.2) is 4.79 Å². The van der Waals surface area contributed by atoms with Crippen molar-refractivity contribution in [3.05, 3.63) is 50.2 Å². The van der Waals surface area contributed by atoms with Crippen molar-refractivity contribution in [1.82, 2.24) is 9.13 Å². The van der Waals surface area contributed by atoms with E-state index in [1.54, 1.807) is 21.3 Å². The van der Waals surface area contributed by atoms with Gasteiger partial charge in [0, 0.05) is 26.2 Å². The summed E-state index contributed by atoms with van der Waals surface area (Å²) in [5.41, 5.74) is -0.184. The number of anilines is 1. The molecule has 3 rings (SSSR count). The molecular weight excluding hydrogens is 348 g/mol. The minimum absolute atomic E-state index is 0.0339. The van der Waals surface area contributed by atoms with Crippen molar-refractivity contribution in [3.63, 3.8) is 0 Å². The van der Waals surface area contributed by atoms with E-state index in [1.165, 1.54) is 11.6 Å². The molecule has 1 aliphatic heterocycles. The van der Waals surface area contributed by atoms with E-state index < -0.39 is 11.2 Å². The van der Waals surface area contributed by atoms with Crippen molar-refractivity contribution in [2.24, 2.45) is 14.1 Å². The Bertz CT molecular complexity index is 1030. The van der Waals surface area contributed by atoms with E-state index >= 15 is 0 Å². The number of hydrogen-bond acceptors (Lipinski definition) is 6. The second-order valence-electron chi connectivity index (χ2n) is 6.48. The summed E-state index contributed by atoms with van der Waals surface area (Å²) in [7, 11) is 6.15. The second kappa shape index (κ2) is 7.19. The zero-order valence-corrected chi connectivity index (χ0v) is 15.9. The van der Waals surface area contributed by atoms with Crippen molar-refractivity contribution in [2.75, 3.05) is 25.7 Å². The van der Waals surface area contributed by atoms with Gasteiger partial charge in [-0.05, 0) is 31.0 Å². The summed E-state index contributed by atoms with van der Waals surface area (Å²) in [6.45, 7) is 0.625. The second-order valence-corrected chi connectivity index (χ2v) is 6.48. The van der Waals surface area contributed by atoms with Gasteiger partial charge in [0.25, 0.3) is 5.56 Å². The van der Waals surface area contributed by atoms with Crippen LogP contribution in [0.2, 0.25) is 0 Å². The first-order chi connectivity index (χ1) is 12.9. The lowest BCUT2D eigenvalue weighted by molar-refractivity contribution is 0.395. The Morgan fingerprint density at radius 2 is 1.89 bits per heavy atom. The van der Waals surface area contributed by atoms with Crippen LogP contribution in [0.25, 0.3) is 0 Å². The third-order valence-corrected chi connectivity index (χ3v) is 5.07. The van der Waals surface area contributed by atoms with Gasteiger partial charge in [-0.3, -0.25) is 13.9 Å². The first-order valence-corrected chi connectivity index (χ1v) is 8.63. The standard InChI is InChI=1S/C19H22N4O4/c1-21-17(14(11-20)18(24)22(2)19(21)25)23-9-5-6-15(23)13-10-12(26-3)7-8-16(13)27-4/h7-8,10,15H,5-6,9H2,1-4H3/t15-/m1/s1. The van der Waals surface area contributed by atoms with E-state index in [4.69, 9.17) is 9.47 Å². The predicted molar refractivity (Wildman–Crippen MR) is 101 cm³/mol. The number of nitriles is 1. The molecule has 0 amide bonds. The van der Waals surface area contributed by atoms with Crippen molar-refractivity contribution in [2.45, 2.75) is 18.9 Å². The SMILES string of the molecule is COc1ccc(OC)c([C@H]2CCCN2c2c(C#N)c(=O)n(C)c(=O)n2C)c1. The summed E-state index contributed by atoms with van der Waals surface area (Å²) in [4.78, 5) is 26.9. The van der Waals surface area contributed by atoms with E-state index in [2.05, 4.69) is 0 Å². The van der Waals surface area contributed by atoms with Crippen molar-refractivity contribution < 1.29 is 9.47 Å². The van der Waals surface area contributed by atoms with Gasteiger partial charge in [0.05, 0.1) is 20.3 Å². The first kappa shape index (κ1) is 18.6. The van der Waals surface area contributed by atoms with Gasteiger partial charge in [-0.2, -0.15) is 5.26 Å². The van der Waals surface area contributed by atoms with Crippen LogP contribution >= 0.6 is 0 Å². The van der Waals surface area contributed by atoms with Gasteiger partial charge < -0.3 is 14.4 Å². The van der Waals surface area contributed by atoms with Crippen LogP contribution < -0.4 is 25.6 Å². The summed E-state index contributed by atoms with van der Waals surface area (Å²) >= 11 is 0. The molecule has 1 aromatic carbocycles. The van der Waals surface area contributed by atoms with Crippen LogP contribution in [0.5, 0.6) is 11.5 Å². The predicted octanol–water partition coefficient (Wildman–Crippen LogP) is 1.31. The number of nitrogens with zero attached hydrogens (tertiary/aromatic N) is 4. The largest absolute Gasteiger partial charge is 0.497 e. The molecule has 0 unspecified atom stereocenters. The Morgan fingerprint density at radius 3 is 2.52 bits per heavy atom. The number of rotatable bonds is 4. The van der Waals surface area contributed by atoms with E-state index in [1.807, 2.05) is 29.2 Å². The Hall–Kier alpha value is -3.21. The first-order valence-electron chi connectivity index (χ1n) is 8.63. The highest BCUT2D eigenvalue weighted by molar-refractivity contribution is 5.57. The number of ether oxygens (including phenoxy) is 2. The van der Waals surface area contributed by atoms with Gasteiger partial charge >= 0.3 is 5.69 Å². The Morgan fingerprint density at radius 1 is 1.15 bits per heavy atom. The molecule has 0 radical (unpaired) electrons. The number of hydrogen-bond donors (Lipinski definition) is 0. The van der Waals surface area contributed by atoms with Crippen LogP contribution in [-0.2, 0) is 14.1 Å². The highest BCUT2D eigenvalue weighted by atomic mass is 16.5. The lowest BCUT2D eigenvalue weighted by atomic mass is 10.0. The summed E-state index contributed by atoms with van der Waals surface area (Å²) in [5, 5.41) is 9.59. The molecule has 0 spiro atoms. The van der Waals surface area contributed by atoms with Gasteiger partial charge in [0.1, 0.15) is 23.4 Å².